The zero-order valence-corrected chi connectivity index (χ0v) is 15.0. The number of aromatic nitrogens is 4. The van der Waals surface area contributed by atoms with E-state index in [4.69, 9.17) is 4.98 Å². The summed E-state index contributed by atoms with van der Waals surface area (Å²) in [6.45, 7) is 6.01. The lowest BCUT2D eigenvalue weighted by atomic mass is 10.2. The van der Waals surface area contributed by atoms with E-state index in [0.29, 0.717) is 0 Å². The number of nitrogens with zero attached hydrogens (tertiary/aromatic N) is 5. The van der Waals surface area contributed by atoms with Gasteiger partial charge in [-0.2, -0.15) is 0 Å². The first-order valence-electron chi connectivity index (χ1n) is 8.93. The second-order valence-electron chi connectivity index (χ2n) is 6.06. The molecule has 5 heteroatoms. The van der Waals surface area contributed by atoms with Gasteiger partial charge in [0.1, 0.15) is 0 Å². The molecule has 26 heavy (non-hydrogen) atoms. The Labute approximate surface area is 152 Å². The van der Waals surface area contributed by atoms with Gasteiger partial charge in [0.05, 0.1) is 11.0 Å². The van der Waals surface area contributed by atoms with Gasteiger partial charge in [-0.05, 0) is 37.6 Å². The molecule has 4 rings (SSSR count). The third-order valence-electron chi connectivity index (χ3n) is 4.52. The van der Waals surface area contributed by atoms with Crippen molar-refractivity contribution in [2.75, 3.05) is 18.0 Å². The van der Waals surface area contributed by atoms with Gasteiger partial charge in [0.2, 0.25) is 5.65 Å². The molecule has 0 aliphatic carbocycles. The van der Waals surface area contributed by atoms with Crippen molar-refractivity contribution in [1.29, 1.82) is 0 Å². The first kappa shape index (κ1) is 16.3. The Bertz CT molecular complexity index is 1060. The number of anilines is 1. The van der Waals surface area contributed by atoms with E-state index in [1.54, 1.807) is 0 Å². The molecular formula is C21H21N5. The molecule has 0 bridgehead atoms. The number of benzene rings is 2. The quantitative estimate of drug-likeness (QED) is 0.542. The van der Waals surface area contributed by atoms with Crippen molar-refractivity contribution in [2.45, 2.75) is 13.8 Å². The smallest absolute Gasteiger partial charge is 0.204 e. The Morgan fingerprint density at radius 1 is 0.885 bits per heavy atom. The van der Waals surface area contributed by atoms with Crippen LogP contribution in [0.3, 0.4) is 0 Å². The van der Waals surface area contributed by atoms with Crippen LogP contribution in [0.15, 0.2) is 54.6 Å². The van der Waals surface area contributed by atoms with Crippen LogP contribution < -0.4 is 4.90 Å². The van der Waals surface area contributed by atoms with Crippen LogP contribution >= 0.6 is 0 Å². The van der Waals surface area contributed by atoms with Crippen molar-refractivity contribution in [2.24, 2.45) is 0 Å². The predicted octanol–water partition coefficient (Wildman–Crippen LogP) is 4.29. The molecule has 0 radical (unpaired) electrons. The number of hydrogen-bond acceptors (Lipinski definition) is 4. The van der Waals surface area contributed by atoms with Crippen LogP contribution in [0.2, 0.25) is 0 Å². The lowest BCUT2D eigenvalue weighted by molar-refractivity contribution is 0.848. The summed E-state index contributed by atoms with van der Waals surface area (Å²) in [4.78, 5) is 7.06. The van der Waals surface area contributed by atoms with Crippen molar-refractivity contribution >= 4 is 34.7 Å². The van der Waals surface area contributed by atoms with Crippen molar-refractivity contribution < 1.29 is 0 Å². The van der Waals surface area contributed by atoms with Gasteiger partial charge in [0.15, 0.2) is 11.6 Å². The van der Waals surface area contributed by atoms with E-state index in [-0.39, 0.29) is 0 Å². The highest BCUT2D eigenvalue weighted by molar-refractivity contribution is 5.84. The van der Waals surface area contributed by atoms with Crippen molar-refractivity contribution in [3.8, 4) is 0 Å². The fourth-order valence-electron chi connectivity index (χ4n) is 3.17. The molecule has 2 aromatic heterocycles. The first-order chi connectivity index (χ1) is 12.8. The number of fused-ring (bicyclic) bond motifs is 3. The van der Waals surface area contributed by atoms with E-state index in [2.05, 4.69) is 57.6 Å². The number of hydrogen-bond donors (Lipinski definition) is 0. The highest BCUT2D eigenvalue weighted by atomic mass is 15.3. The van der Waals surface area contributed by atoms with Crippen LogP contribution in [-0.4, -0.2) is 32.7 Å². The monoisotopic (exact) mass is 343 g/mol. The molecule has 130 valence electrons. The molecule has 0 unspecified atom stereocenters. The average molecular weight is 343 g/mol. The molecule has 2 heterocycles. The fourth-order valence-corrected chi connectivity index (χ4v) is 3.17. The van der Waals surface area contributed by atoms with Crippen LogP contribution in [-0.2, 0) is 0 Å². The van der Waals surface area contributed by atoms with E-state index in [1.165, 1.54) is 0 Å². The van der Waals surface area contributed by atoms with Gasteiger partial charge in [-0.1, -0.05) is 48.5 Å². The van der Waals surface area contributed by atoms with Gasteiger partial charge in [0, 0.05) is 13.1 Å². The minimum Gasteiger partial charge on any atom is -0.354 e. The van der Waals surface area contributed by atoms with Gasteiger partial charge in [-0.15, -0.1) is 10.2 Å². The molecule has 5 nitrogen and oxygen atoms in total. The fraction of sp³-hybridized carbons (Fsp3) is 0.190. The van der Waals surface area contributed by atoms with Crippen LogP contribution in [0.5, 0.6) is 0 Å². The van der Waals surface area contributed by atoms with E-state index in [1.807, 2.05) is 42.5 Å². The predicted molar refractivity (Wildman–Crippen MR) is 107 cm³/mol. The summed E-state index contributed by atoms with van der Waals surface area (Å²) in [6.07, 6.45) is 4.07. The molecule has 0 aliphatic heterocycles. The lowest BCUT2D eigenvalue weighted by Gasteiger charge is -2.20. The lowest BCUT2D eigenvalue weighted by Crippen LogP contribution is -2.24. The molecule has 0 saturated heterocycles. The summed E-state index contributed by atoms with van der Waals surface area (Å²) in [5, 5.41) is 8.89. The zero-order chi connectivity index (χ0) is 17.9. The maximum Gasteiger partial charge on any atom is 0.204 e. The van der Waals surface area contributed by atoms with Crippen LogP contribution in [0.4, 0.5) is 5.82 Å². The Kier molecular flexibility index (Phi) is 4.35. The standard InChI is InChI=1S/C21H21N5/c1-3-25(4-2)20-21-24-23-19(15-14-16-10-6-5-7-11-16)26(21)18-13-9-8-12-17(18)22-20/h5-15H,3-4H2,1-2H3. The Hall–Kier alpha value is -3.21. The van der Waals surface area contributed by atoms with Gasteiger partial charge >= 0.3 is 0 Å². The Balaban J connectivity index is 1.94. The van der Waals surface area contributed by atoms with Gasteiger partial charge < -0.3 is 4.90 Å². The number of para-hydroxylation sites is 2. The van der Waals surface area contributed by atoms with Crippen LogP contribution in [0.25, 0.3) is 28.8 Å². The minimum absolute atomic E-state index is 0.792. The van der Waals surface area contributed by atoms with Crippen molar-refractivity contribution in [3.05, 3.63) is 66.0 Å². The van der Waals surface area contributed by atoms with Gasteiger partial charge in [-0.25, -0.2) is 4.98 Å². The van der Waals surface area contributed by atoms with Gasteiger partial charge in [-0.3, -0.25) is 4.40 Å². The SMILES string of the molecule is CCN(CC)c1nc2ccccc2n2c(C=Cc3ccccc3)nnc12. The van der Waals surface area contributed by atoms with Gasteiger partial charge in [0.25, 0.3) is 0 Å². The molecule has 0 amide bonds. The summed E-state index contributed by atoms with van der Waals surface area (Å²) in [7, 11) is 0. The maximum atomic E-state index is 4.86. The zero-order valence-electron chi connectivity index (χ0n) is 15.0. The minimum atomic E-state index is 0.792. The van der Waals surface area contributed by atoms with E-state index in [0.717, 1.165) is 47.0 Å². The highest BCUT2D eigenvalue weighted by Gasteiger charge is 2.16. The normalized spacial score (nSPS) is 11.6. The Morgan fingerprint density at radius 3 is 2.38 bits per heavy atom. The van der Waals surface area contributed by atoms with Crippen molar-refractivity contribution in [3.63, 3.8) is 0 Å². The maximum absolute atomic E-state index is 4.86. The summed E-state index contributed by atoms with van der Waals surface area (Å²) >= 11 is 0. The molecule has 0 aliphatic rings. The molecule has 0 N–H and O–H groups in total. The van der Waals surface area contributed by atoms with Crippen molar-refractivity contribution in [1.82, 2.24) is 19.6 Å². The van der Waals surface area contributed by atoms with Crippen LogP contribution in [0, 0.1) is 0 Å². The topological polar surface area (TPSA) is 46.3 Å². The Morgan fingerprint density at radius 2 is 1.62 bits per heavy atom. The molecule has 0 atom stereocenters. The summed E-state index contributed by atoms with van der Waals surface area (Å²) in [6, 6.07) is 18.3. The average Bonchev–Trinajstić information content (AvgIpc) is 3.12. The van der Waals surface area contributed by atoms with E-state index in [9.17, 15) is 0 Å². The first-order valence-corrected chi connectivity index (χ1v) is 8.93. The second-order valence-corrected chi connectivity index (χ2v) is 6.06. The highest BCUT2D eigenvalue weighted by Crippen LogP contribution is 2.25. The summed E-state index contributed by atoms with van der Waals surface area (Å²) in [5.74, 6) is 1.68. The van der Waals surface area contributed by atoms with E-state index >= 15 is 0 Å². The third-order valence-corrected chi connectivity index (χ3v) is 4.52. The molecule has 2 aromatic carbocycles. The summed E-state index contributed by atoms with van der Waals surface area (Å²) in [5.41, 5.74) is 3.87. The molecule has 0 saturated carbocycles. The summed E-state index contributed by atoms with van der Waals surface area (Å²) < 4.78 is 2.09. The molecule has 4 aromatic rings. The van der Waals surface area contributed by atoms with E-state index < -0.39 is 0 Å². The largest absolute Gasteiger partial charge is 0.354 e. The molecule has 0 fully saturated rings. The van der Waals surface area contributed by atoms with Crippen LogP contribution in [0.1, 0.15) is 25.2 Å². The third kappa shape index (κ3) is 2.81. The second kappa shape index (κ2) is 6.96. The molecule has 0 spiro atoms. The molecular weight excluding hydrogens is 322 g/mol. The number of rotatable bonds is 5.